The molecular formula is C4H6ClNO3. The van der Waals surface area contributed by atoms with Crippen LogP contribution in [0.1, 0.15) is 6.92 Å². The van der Waals surface area contributed by atoms with Crippen molar-refractivity contribution in [3.05, 3.63) is 23.0 Å². The van der Waals surface area contributed by atoms with Gasteiger partial charge in [0, 0.05) is 11.6 Å². The lowest BCUT2D eigenvalue weighted by molar-refractivity contribution is -0.586. The Labute approximate surface area is 57.2 Å². The van der Waals surface area contributed by atoms with Crippen molar-refractivity contribution >= 4 is 11.6 Å². The van der Waals surface area contributed by atoms with Gasteiger partial charge < -0.3 is 4.74 Å². The second-order valence-electron chi connectivity index (χ2n) is 1.41. The first kappa shape index (κ1) is 8.23. The molecule has 0 fully saturated rings. The van der Waals surface area contributed by atoms with Crippen molar-refractivity contribution in [3.8, 4) is 0 Å². The lowest BCUT2D eigenvalue weighted by atomic mass is 10.7. The minimum absolute atomic E-state index is 0.754. The van der Waals surface area contributed by atoms with Crippen LogP contribution in [0.4, 0.5) is 0 Å². The number of hydrogen-bond donors (Lipinski definition) is 0. The molecule has 0 saturated heterocycles. The molecule has 0 N–H and O–H groups in total. The molecule has 0 aliphatic heterocycles. The van der Waals surface area contributed by atoms with Crippen LogP contribution in [0.3, 0.4) is 0 Å². The highest BCUT2D eigenvalue weighted by atomic mass is 35.5. The van der Waals surface area contributed by atoms with E-state index in [-0.39, 0.29) is 0 Å². The Kier molecular flexibility index (Phi) is 2.45. The van der Waals surface area contributed by atoms with Gasteiger partial charge >= 0.3 is 5.18 Å². The van der Waals surface area contributed by atoms with E-state index in [0.717, 1.165) is 13.2 Å². The third-order valence-electron chi connectivity index (χ3n) is 0.625. The zero-order chi connectivity index (χ0) is 7.49. The van der Waals surface area contributed by atoms with Crippen LogP contribution < -0.4 is 0 Å². The first-order chi connectivity index (χ1) is 4.00. The summed E-state index contributed by atoms with van der Waals surface area (Å²) in [5.74, 6) is 0. The van der Waals surface area contributed by atoms with E-state index >= 15 is 0 Å². The normalized spacial score (nSPS) is 15.8. The second kappa shape index (κ2) is 2.68. The Morgan fingerprint density at radius 3 is 2.56 bits per heavy atom. The van der Waals surface area contributed by atoms with E-state index in [1.807, 2.05) is 0 Å². The van der Waals surface area contributed by atoms with Crippen LogP contribution in [-0.4, -0.2) is 10.1 Å². The molecule has 0 bridgehead atoms. The van der Waals surface area contributed by atoms with Crippen LogP contribution in [-0.2, 0) is 4.74 Å². The van der Waals surface area contributed by atoms with Crippen molar-refractivity contribution in [1.29, 1.82) is 0 Å². The number of ether oxygens (including phenoxy) is 1. The molecule has 0 amide bonds. The molecule has 0 aromatic rings. The van der Waals surface area contributed by atoms with E-state index in [1.165, 1.54) is 0 Å². The average molecular weight is 152 g/mol. The highest BCUT2D eigenvalue weighted by molar-refractivity contribution is 6.21. The molecule has 0 aromatic heterocycles. The van der Waals surface area contributed by atoms with E-state index in [9.17, 15) is 10.1 Å². The fraction of sp³-hybridized carbons (Fsp3) is 0.500. The van der Waals surface area contributed by atoms with E-state index in [1.54, 1.807) is 0 Å². The van der Waals surface area contributed by atoms with Gasteiger partial charge in [0.15, 0.2) is 0 Å². The van der Waals surface area contributed by atoms with Crippen LogP contribution >= 0.6 is 11.6 Å². The first-order valence-corrected chi connectivity index (χ1v) is 2.50. The number of alkyl halides is 1. The van der Waals surface area contributed by atoms with Crippen LogP contribution in [0.15, 0.2) is 12.8 Å². The van der Waals surface area contributed by atoms with Gasteiger partial charge in [-0.2, -0.15) is 0 Å². The maximum atomic E-state index is 9.91. The Bertz CT molecular complexity index is 134. The molecule has 0 saturated carbocycles. The fourth-order valence-electron chi connectivity index (χ4n) is 0.195. The van der Waals surface area contributed by atoms with Crippen molar-refractivity contribution in [1.82, 2.24) is 0 Å². The highest BCUT2D eigenvalue weighted by Gasteiger charge is 2.34. The quantitative estimate of drug-likeness (QED) is 0.153. The van der Waals surface area contributed by atoms with Crippen LogP contribution in [0.2, 0.25) is 0 Å². The van der Waals surface area contributed by atoms with Crippen LogP contribution in [0.25, 0.3) is 0 Å². The van der Waals surface area contributed by atoms with Gasteiger partial charge in [-0.3, -0.25) is 10.1 Å². The standard InChI is InChI=1S/C4H6ClNO3/c1-3-9-4(2,5)6(7)8/h3H,1H2,2H3. The third-order valence-corrected chi connectivity index (χ3v) is 0.852. The number of rotatable bonds is 3. The molecular weight excluding hydrogens is 146 g/mol. The summed E-state index contributed by atoms with van der Waals surface area (Å²) < 4.78 is 4.32. The Balaban J connectivity index is 4.00. The predicted octanol–water partition coefficient (Wildman–Crippen LogP) is 1.34. The largest absolute Gasteiger partial charge is 0.440 e. The Morgan fingerprint density at radius 2 is 2.44 bits per heavy atom. The van der Waals surface area contributed by atoms with Gasteiger partial charge in [-0.05, 0) is 0 Å². The highest BCUT2D eigenvalue weighted by Crippen LogP contribution is 2.15. The molecule has 0 rings (SSSR count). The second-order valence-corrected chi connectivity index (χ2v) is 2.11. The third kappa shape index (κ3) is 2.32. The maximum absolute atomic E-state index is 9.91. The summed E-state index contributed by atoms with van der Waals surface area (Å²) in [5.41, 5.74) is 0. The molecule has 0 aliphatic rings. The average Bonchev–Trinajstić information content (AvgIpc) is 1.65. The molecule has 0 radical (unpaired) electrons. The van der Waals surface area contributed by atoms with Crippen LogP contribution in [0.5, 0.6) is 0 Å². The molecule has 0 aliphatic carbocycles. The molecule has 1 atom stereocenters. The molecule has 5 heteroatoms. The van der Waals surface area contributed by atoms with Crippen LogP contribution in [0, 0.1) is 10.1 Å². The summed E-state index contributed by atoms with van der Waals surface area (Å²) in [6.07, 6.45) is 0.926. The van der Waals surface area contributed by atoms with Gasteiger partial charge in [0.2, 0.25) is 0 Å². The molecule has 0 spiro atoms. The number of nitrogens with zero attached hydrogens (tertiary/aromatic N) is 1. The molecule has 4 nitrogen and oxygen atoms in total. The van der Waals surface area contributed by atoms with Gasteiger partial charge in [-0.25, -0.2) is 0 Å². The summed E-state index contributed by atoms with van der Waals surface area (Å²) in [4.78, 5) is 9.16. The van der Waals surface area contributed by atoms with Gasteiger partial charge in [-0.15, -0.1) is 0 Å². The van der Waals surface area contributed by atoms with E-state index < -0.39 is 10.1 Å². The van der Waals surface area contributed by atoms with Crippen molar-refractivity contribution in [2.24, 2.45) is 0 Å². The number of hydrogen-bond acceptors (Lipinski definition) is 3. The smallest absolute Gasteiger partial charge is 0.424 e. The SMILES string of the molecule is C=COC(C)(Cl)[N+](=O)[O-]. The summed E-state index contributed by atoms with van der Waals surface area (Å²) in [7, 11) is 0. The lowest BCUT2D eigenvalue weighted by Gasteiger charge is -2.10. The van der Waals surface area contributed by atoms with E-state index in [2.05, 4.69) is 11.3 Å². The monoisotopic (exact) mass is 151 g/mol. The number of nitro groups is 1. The minimum Gasteiger partial charge on any atom is -0.424 e. The maximum Gasteiger partial charge on any atom is 0.440 e. The van der Waals surface area contributed by atoms with Crippen molar-refractivity contribution in [2.75, 3.05) is 0 Å². The van der Waals surface area contributed by atoms with Crippen molar-refractivity contribution in [2.45, 2.75) is 12.1 Å². The predicted molar refractivity (Wildman–Crippen MR) is 32.5 cm³/mol. The van der Waals surface area contributed by atoms with Crippen molar-refractivity contribution in [3.63, 3.8) is 0 Å². The van der Waals surface area contributed by atoms with Gasteiger partial charge in [-0.1, -0.05) is 6.58 Å². The van der Waals surface area contributed by atoms with Gasteiger partial charge in [0.05, 0.1) is 18.1 Å². The summed E-state index contributed by atoms with van der Waals surface area (Å²) in [5, 5.41) is 8.04. The molecule has 1 unspecified atom stereocenters. The zero-order valence-electron chi connectivity index (χ0n) is 4.83. The molecule has 9 heavy (non-hydrogen) atoms. The molecule has 0 aromatic carbocycles. The first-order valence-electron chi connectivity index (χ1n) is 2.13. The fourth-order valence-corrected chi connectivity index (χ4v) is 0.258. The van der Waals surface area contributed by atoms with Crippen molar-refractivity contribution < 1.29 is 9.66 Å². The molecule has 52 valence electrons. The minimum atomic E-state index is -1.87. The summed E-state index contributed by atoms with van der Waals surface area (Å²) in [6, 6.07) is 0. The topological polar surface area (TPSA) is 52.4 Å². The molecule has 0 heterocycles. The van der Waals surface area contributed by atoms with E-state index in [4.69, 9.17) is 11.6 Å². The van der Waals surface area contributed by atoms with E-state index in [0.29, 0.717) is 0 Å². The number of halogens is 1. The zero-order valence-corrected chi connectivity index (χ0v) is 5.59. The summed E-state index contributed by atoms with van der Waals surface area (Å²) >= 11 is 5.18. The Hall–Kier alpha value is -0.770. The Morgan fingerprint density at radius 1 is 2.00 bits per heavy atom. The lowest BCUT2D eigenvalue weighted by Crippen LogP contribution is -2.29. The summed E-state index contributed by atoms with van der Waals surface area (Å²) in [6.45, 7) is 4.24. The van der Waals surface area contributed by atoms with Gasteiger partial charge in [0.1, 0.15) is 0 Å². The van der Waals surface area contributed by atoms with Gasteiger partial charge in [0.25, 0.3) is 0 Å².